The van der Waals surface area contributed by atoms with Gasteiger partial charge < -0.3 is 5.32 Å². The number of ketones is 1. The molecule has 5 rings (SSSR count). The molecule has 0 unspecified atom stereocenters. The van der Waals surface area contributed by atoms with Crippen LogP contribution in [-0.4, -0.2) is 38.6 Å². The lowest BCUT2D eigenvalue weighted by Gasteiger charge is -2.32. The Morgan fingerprint density at radius 2 is 1.76 bits per heavy atom. The third-order valence-corrected chi connectivity index (χ3v) is 6.91. The SMILES string of the molecule is CC(=O)c1cccc(N(C(=O)Cn2nnc3ccccc32)[C@@H](C(=O)NC2CCCC2)c2ccccc2F)c1. The summed E-state index contributed by atoms with van der Waals surface area (Å²) in [5.41, 5.74) is 2.01. The maximum Gasteiger partial charge on any atom is 0.249 e. The van der Waals surface area contributed by atoms with Gasteiger partial charge in [0.2, 0.25) is 11.8 Å². The van der Waals surface area contributed by atoms with Gasteiger partial charge in [0.25, 0.3) is 0 Å². The molecule has 3 aromatic carbocycles. The molecule has 8 nitrogen and oxygen atoms in total. The number of anilines is 1. The van der Waals surface area contributed by atoms with Gasteiger partial charge in [-0.2, -0.15) is 0 Å². The summed E-state index contributed by atoms with van der Waals surface area (Å²) in [4.78, 5) is 41.3. The number of carbonyl (C=O) groups excluding carboxylic acids is 3. The number of nitrogens with zero attached hydrogens (tertiary/aromatic N) is 4. The fourth-order valence-corrected chi connectivity index (χ4v) is 4.99. The molecule has 0 aliphatic heterocycles. The highest BCUT2D eigenvalue weighted by atomic mass is 19.1. The Balaban J connectivity index is 1.61. The molecule has 4 aromatic rings. The molecular formula is C29H28FN5O3. The van der Waals surface area contributed by atoms with E-state index in [2.05, 4.69) is 15.6 Å². The molecular weight excluding hydrogens is 485 g/mol. The predicted octanol–water partition coefficient (Wildman–Crippen LogP) is 4.61. The summed E-state index contributed by atoms with van der Waals surface area (Å²) in [6.45, 7) is 1.18. The summed E-state index contributed by atoms with van der Waals surface area (Å²) in [6, 6.07) is 18.3. The maximum atomic E-state index is 15.2. The second-order valence-corrected chi connectivity index (χ2v) is 9.52. The van der Waals surface area contributed by atoms with Gasteiger partial charge in [0, 0.05) is 22.9 Å². The van der Waals surface area contributed by atoms with Crippen molar-refractivity contribution in [3.05, 3.63) is 89.7 Å². The molecule has 0 bridgehead atoms. The molecule has 1 aromatic heterocycles. The lowest BCUT2D eigenvalue weighted by atomic mass is 10.0. The third-order valence-electron chi connectivity index (χ3n) is 6.91. The van der Waals surface area contributed by atoms with Gasteiger partial charge >= 0.3 is 0 Å². The van der Waals surface area contributed by atoms with Crippen LogP contribution in [0.2, 0.25) is 0 Å². The van der Waals surface area contributed by atoms with E-state index in [0.717, 1.165) is 25.7 Å². The van der Waals surface area contributed by atoms with Crippen molar-refractivity contribution < 1.29 is 18.8 Å². The van der Waals surface area contributed by atoms with E-state index in [4.69, 9.17) is 0 Å². The Bertz CT molecular complexity index is 1490. The summed E-state index contributed by atoms with van der Waals surface area (Å²) >= 11 is 0. The van der Waals surface area contributed by atoms with Crippen molar-refractivity contribution in [1.29, 1.82) is 0 Å². The Hall–Kier alpha value is -4.40. The molecule has 1 saturated carbocycles. The normalized spacial score (nSPS) is 14.4. The van der Waals surface area contributed by atoms with Gasteiger partial charge in [0.15, 0.2) is 5.78 Å². The summed E-state index contributed by atoms with van der Waals surface area (Å²) in [5, 5.41) is 11.3. The van der Waals surface area contributed by atoms with Crippen molar-refractivity contribution in [3.8, 4) is 0 Å². The Labute approximate surface area is 219 Å². The zero-order valence-corrected chi connectivity index (χ0v) is 21.0. The van der Waals surface area contributed by atoms with E-state index in [1.165, 1.54) is 34.7 Å². The van der Waals surface area contributed by atoms with E-state index >= 15 is 4.39 Å². The van der Waals surface area contributed by atoms with E-state index in [0.29, 0.717) is 22.3 Å². The van der Waals surface area contributed by atoms with E-state index in [1.54, 1.807) is 42.5 Å². The summed E-state index contributed by atoms with van der Waals surface area (Å²) in [7, 11) is 0. The lowest BCUT2D eigenvalue weighted by Crippen LogP contribution is -2.47. The molecule has 1 N–H and O–H groups in total. The van der Waals surface area contributed by atoms with Crippen LogP contribution >= 0.6 is 0 Å². The smallest absolute Gasteiger partial charge is 0.249 e. The first-order chi connectivity index (χ1) is 18.4. The highest BCUT2D eigenvalue weighted by molar-refractivity contribution is 6.03. The summed E-state index contributed by atoms with van der Waals surface area (Å²) in [6.07, 6.45) is 3.65. The summed E-state index contributed by atoms with van der Waals surface area (Å²) in [5.74, 6) is -1.78. The number of amides is 2. The van der Waals surface area contributed by atoms with E-state index < -0.39 is 23.7 Å². The number of aromatic nitrogens is 3. The number of nitrogens with one attached hydrogen (secondary N) is 1. The van der Waals surface area contributed by atoms with Crippen molar-refractivity contribution in [2.75, 3.05) is 4.90 Å². The van der Waals surface area contributed by atoms with Gasteiger partial charge in [-0.05, 0) is 50.1 Å². The number of para-hydroxylation sites is 1. The minimum Gasteiger partial charge on any atom is -0.351 e. The van der Waals surface area contributed by atoms with Crippen LogP contribution in [0, 0.1) is 5.82 Å². The minimum absolute atomic E-state index is 0.0449. The number of carbonyl (C=O) groups is 3. The van der Waals surface area contributed by atoms with Gasteiger partial charge in [0.1, 0.15) is 23.9 Å². The van der Waals surface area contributed by atoms with Gasteiger partial charge in [-0.3, -0.25) is 19.3 Å². The van der Waals surface area contributed by atoms with Crippen molar-refractivity contribution in [2.24, 2.45) is 0 Å². The van der Waals surface area contributed by atoms with Gasteiger partial charge in [-0.15, -0.1) is 5.10 Å². The molecule has 0 radical (unpaired) electrons. The fraction of sp³-hybridized carbons (Fsp3) is 0.276. The van der Waals surface area contributed by atoms with E-state index in [1.807, 2.05) is 12.1 Å². The van der Waals surface area contributed by atoms with Gasteiger partial charge in [-0.25, -0.2) is 9.07 Å². The number of fused-ring (bicyclic) bond motifs is 1. The molecule has 194 valence electrons. The quantitative estimate of drug-likeness (QED) is 0.347. The Morgan fingerprint density at radius 1 is 1.03 bits per heavy atom. The number of benzene rings is 3. The van der Waals surface area contributed by atoms with Crippen LogP contribution in [0.15, 0.2) is 72.8 Å². The van der Waals surface area contributed by atoms with Crippen LogP contribution in [0.1, 0.15) is 54.6 Å². The predicted molar refractivity (Wildman–Crippen MR) is 141 cm³/mol. The summed E-state index contributed by atoms with van der Waals surface area (Å²) < 4.78 is 16.7. The standard InChI is InChI=1S/C29H28FN5O3/c1-19(36)20-9-8-12-22(17-20)35(27(37)18-34-26-16-7-6-15-25(26)32-33-34)28(23-13-4-5-14-24(23)30)29(38)31-21-10-2-3-11-21/h4-9,12-17,21,28H,2-3,10-11,18H2,1H3,(H,31,38)/t28-/m1/s1. The van der Waals surface area contributed by atoms with Crippen LogP contribution in [0.5, 0.6) is 0 Å². The highest BCUT2D eigenvalue weighted by Gasteiger charge is 2.36. The molecule has 1 aliphatic carbocycles. The fourth-order valence-electron chi connectivity index (χ4n) is 4.99. The molecule has 2 amide bonds. The molecule has 1 aliphatic rings. The molecule has 38 heavy (non-hydrogen) atoms. The van der Waals surface area contributed by atoms with Gasteiger partial charge in [0.05, 0.1) is 5.52 Å². The zero-order chi connectivity index (χ0) is 26.6. The van der Waals surface area contributed by atoms with Gasteiger partial charge in [-0.1, -0.05) is 60.5 Å². The van der Waals surface area contributed by atoms with Crippen molar-refractivity contribution in [2.45, 2.75) is 51.2 Å². The second-order valence-electron chi connectivity index (χ2n) is 9.52. The number of rotatable bonds is 8. The van der Waals surface area contributed by atoms with Crippen LogP contribution in [0.3, 0.4) is 0 Å². The average molecular weight is 514 g/mol. The highest BCUT2D eigenvalue weighted by Crippen LogP contribution is 2.32. The van der Waals surface area contributed by atoms with E-state index in [-0.39, 0.29) is 23.9 Å². The molecule has 1 heterocycles. The first-order valence-corrected chi connectivity index (χ1v) is 12.7. The maximum absolute atomic E-state index is 15.2. The molecule has 1 atom stereocenters. The molecule has 9 heteroatoms. The zero-order valence-electron chi connectivity index (χ0n) is 21.0. The van der Waals surface area contributed by atoms with Crippen LogP contribution in [0.25, 0.3) is 11.0 Å². The van der Waals surface area contributed by atoms with Crippen LogP contribution in [-0.2, 0) is 16.1 Å². The third kappa shape index (κ3) is 5.18. The van der Waals surface area contributed by atoms with Crippen LogP contribution < -0.4 is 10.2 Å². The second kappa shape index (κ2) is 10.9. The molecule has 0 spiro atoms. The van der Waals surface area contributed by atoms with Crippen LogP contribution in [0.4, 0.5) is 10.1 Å². The Kier molecular flexibility index (Phi) is 7.26. The molecule has 1 fully saturated rings. The topological polar surface area (TPSA) is 97.2 Å². The van der Waals surface area contributed by atoms with Crippen molar-refractivity contribution >= 4 is 34.3 Å². The minimum atomic E-state index is -1.30. The average Bonchev–Trinajstić information content (AvgIpc) is 3.58. The molecule has 0 saturated heterocycles. The first-order valence-electron chi connectivity index (χ1n) is 12.7. The monoisotopic (exact) mass is 513 g/mol. The lowest BCUT2D eigenvalue weighted by molar-refractivity contribution is -0.127. The number of hydrogen-bond acceptors (Lipinski definition) is 5. The Morgan fingerprint density at radius 3 is 2.53 bits per heavy atom. The number of Topliss-reactive ketones (excluding diaryl/α,β-unsaturated/α-hetero) is 1. The first kappa shape index (κ1) is 25.3. The van der Waals surface area contributed by atoms with Crippen molar-refractivity contribution in [3.63, 3.8) is 0 Å². The number of hydrogen-bond donors (Lipinski definition) is 1. The van der Waals surface area contributed by atoms with Crippen molar-refractivity contribution in [1.82, 2.24) is 20.3 Å². The number of halogens is 1. The largest absolute Gasteiger partial charge is 0.351 e. The van der Waals surface area contributed by atoms with E-state index in [9.17, 15) is 14.4 Å².